The highest BCUT2D eigenvalue weighted by molar-refractivity contribution is 5.71. The monoisotopic (exact) mass is 410 g/mol. The van der Waals surface area contributed by atoms with Crippen LogP contribution in [0.15, 0.2) is 42.6 Å². The average molecular weight is 410 g/mol. The summed E-state index contributed by atoms with van der Waals surface area (Å²) >= 11 is 0. The van der Waals surface area contributed by atoms with E-state index in [-0.39, 0.29) is 0 Å². The number of imidazole rings is 1. The fourth-order valence-corrected chi connectivity index (χ4v) is 3.23. The minimum atomic E-state index is -0.415. The van der Waals surface area contributed by atoms with Crippen molar-refractivity contribution < 1.29 is 14.3 Å². The molecule has 0 atom stereocenters. The van der Waals surface area contributed by atoms with Crippen molar-refractivity contribution in [2.45, 2.75) is 0 Å². The maximum Gasteiger partial charge on any atom is 0.414 e. The number of aromatic nitrogens is 3. The molecule has 3 heterocycles. The maximum atomic E-state index is 11.7. The molecule has 9 nitrogen and oxygen atoms in total. The molecule has 1 amide bonds. The van der Waals surface area contributed by atoms with E-state index in [1.807, 2.05) is 24.3 Å². The molecule has 158 valence electrons. The van der Waals surface area contributed by atoms with Gasteiger partial charge >= 0.3 is 6.09 Å². The van der Waals surface area contributed by atoms with Crippen LogP contribution in [0.2, 0.25) is 0 Å². The summed E-state index contributed by atoms with van der Waals surface area (Å²) in [5, 5.41) is 7.94. The number of piperazine rings is 1. The molecule has 1 aliphatic heterocycles. The molecule has 30 heavy (non-hydrogen) atoms. The van der Waals surface area contributed by atoms with Gasteiger partial charge in [0.1, 0.15) is 12.4 Å². The normalized spacial score (nSPS) is 14.6. The first-order valence-corrected chi connectivity index (χ1v) is 10.0. The second-order valence-electron chi connectivity index (χ2n) is 7.31. The number of hydrogen-bond acceptors (Lipinski definition) is 7. The van der Waals surface area contributed by atoms with Crippen LogP contribution in [0.5, 0.6) is 11.6 Å². The van der Waals surface area contributed by atoms with Gasteiger partial charge < -0.3 is 19.7 Å². The molecule has 4 rings (SSSR count). The Morgan fingerprint density at radius 1 is 1.13 bits per heavy atom. The standard InChI is InChI=1S/C21H26N6O3/c1-25(2)21(28)30-17-5-3-16(4-6-17)18-15-23-19-7-8-20(24-27(18)19)29-14-13-26-11-9-22-10-12-26/h3-8,15,22H,9-14H2,1-2H3. The highest BCUT2D eigenvalue weighted by Crippen LogP contribution is 2.24. The lowest BCUT2D eigenvalue weighted by atomic mass is 10.1. The Hall–Kier alpha value is -3.17. The summed E-state index contributed by atoms with van der Waals surface area (Å²) < 4.78 is 12.9. The summed E-state index contributed by atoms with van der Waals surface area (Å²) in [5.74, 6) is 1.05. The van der Waals surface area contributed by atoms with Gasteiger partial charge in [0.2, 0.25) is 5.88 Å². The van der Waals surface area contributed by atoms with Gasteiger partial charge in [-0.25, -0.2) is 14.3 Å². The molecule has 0 aliphatic carbocycles. The summed E-state index contributed by atoms with van der Waals surface area (Å²) in [7, 11) is 3.29. The number of fused-ring (bicyclic) bond motifs is 1. The van der Waals surface area contributed by atoms with Gasteiger partial charge in [-0.15, -0.1) is 5.10 Å². The molecule has 1 N–H and O–H groups in total. The van der Waals surface area contributed by atoms with Gasteiger partial charge in [-0.1, -0.05) is 0 Å². The van der Waals surface area contributed by atoms with E-state index in [1.165, 1.54) is 4.90 Å². The molecule has 0 bridgehead atoms. The van der Waals surface area contributed by atoms with Crippen LogP contribution in [0.4, 0.5) is 4.79 Å². The number of rotatable bonds is 6. The lowest BCUT2D eigenvalue weighted by Crippen LogP contribution is -2.44. The topological polar surface area (TPSA) is 84.2 Å². The first kappa shape index (κ1) is 20.1. The number of benzene rings is 1. The van der Waals surface area contributed by atoms with E-state index in [1.54, 1.807) is 36.9 Å². The van der Waals surface area contributed by atoms with Crippen molar-refractivity contribution in [1.82, 2.24) is 29.7 Å². The van der Waals surface area contributed by atoms with Crippen LogP contribution >= 0.6 is 0 Å². The number of hydrogen-bond donors (Lipinski definition) is 1. The predicted octanol–water partition coefficient (Wildman–Crippen LogP) is 1.74. The molecule has 1 aromatic carbocycles. The lowest BCUT2D eigenvalue weighted by molar-refractivity contribution is 0.172. The third kappa shape index (κ3) is 4.69. The molecule has 2 aromatic heterocycles. The van der Waals surface area contributed by atoms with Crippen LogP contribution in [0.25, 0.3) is 16.9 Å². The Kier molecular flexibility index (Phi) is 6.10. The first-order chi connectivity index (χ1) is 14.6. The van der Waals surface area contributed by atoms with Crippen molar-refractivity contribution in [3.05, 3.63) is 42.6 Å². The molecule has 0 saturated carbocycles. The molecule has 0 radical (unpaired) electrons. The molecular weight excluding hydrogens is 384 g/mol. The Morgan fingerprint density at radius 3 is 2.63 bits per heavy atom. The van der Waals surface area contributed by atoms with Crippen LogP contribution in [-0.2, 0) is 0 Å². The van der Waals surface area contributed by atoms with Crippen molar-refractivity contribution in [2.75, 3.05) is 53.4 Å². The molecule has 3 aromatic rings. The van der Waals surface area contributed by atoms with Gasteiger partial charge in [-0.3, -0.25) is 4.90 Å². The summed E-state index contributed by atoms with van der Waals surface area (Å²) in [5.41, 5.74) is 2.49. The second-order valence-corrected chi connectivity index (χ2v) is 7.31. The number of amides is 1. The summed E-state index contributed by atoms with van der Waals surface area (Å²) in [4.78, 5) is 19.9. The van der Waals surface area contributed by atoms with Crippen LogP contribution < -0.4 is 14.8 Å². The van der Waals surface area contributed by atoms with Crippen LogP contribution in [0.3, 0.4) is 0 Å². The smallest absolute Gasteiger partial charge is 0.414 e. The zero-order valence-corrected chi connectivity index (χ0v) is 17.2. The van der Waals surface area contributed by atoms with E-state index in [9.17, 15) is 4.79 Å². The molecule has 1 aliphatic rings. The van der Waals surface area contributed by atoms with E-state index in [0.717, 1.165) is 49.6 Å². The minimum absolute atomic E-state index is 0.415. The highest BCUT2D eigenvalue weighted by atomic mass is 16.6. The zero-order valence-electron chi connectivity index (χ0n) is 17.2. The summed E-state index contributed by atoms with van der Waals surface area (Å²) in [6.07, 6.45) is 1.36. The Balaban J connectivity index is 1.45. The number of nitrogens with zero attached hydrogens (tertiary/aromatic N) is 5. The van der Waals surface area contributed by atoms with E-state index >= 15 is 0 Å². The SMILES string of the molecule is CN(C)C(=O)Oc1ccc(-c2cnc3ccc(OCCN4CCNCC4)nn23)cc1. The van der Waals surface area contributed by atoms with Crippen molar-refractivity contribution >= 4 is 11.7 Å². The number of carbonyl (C=O) groups excluding carboxylic acids is 1. The quantitative estimate of drug-likeness (QED) is 0.663. The molecule has 1 fully saturated rings. The largest absolute Gasteiger partial charge is 0.475 e. The number of ether oxygens (including phenoxy) is 2. The van der Waals surface area contributed by atoms with Gasteiger partial charge in [-0.2, -0.15) is 0 Å². The van der Waals surface area contributed by atoms with Gasteiger partial charge in [0.15, 0.2) is 5.65 Å². The first-order valence-electron chi connectivity index (χ1n) is 10.0. The molecule has 0 spiro atoms. The van der Waals surface area contributed by atoms with Crippen LogP contribution in [0.1, 0.15) is 0 Å². The van der Waals surface area contributed by atoms with Crippen LogP contribution in [-0.4, -0.2) is 83.9 Å². The van der Waals surface area contributed by atoms with Crippen molar-refractivity contribution in [3.63, 3.8) is 0 Å². The Bertz CT molecular complexity index is 996. The second kappa shape index (κ2) is 9.10. The van der Waals surface area contributed by atoms with E-state index < -0.39 is 6.09 Å². The van der Waals surface area contributed by atoms with Gasteiger partial charge in [0.05, 0.1) is 11.9 Å². The average Bonchev–Trinajstić information content (AvgIpc) is 3.18. The van der Waals surface area contributed by atoms with Crippen molar-refractivity contribution in [2.24, 2.45) is 0 Å². The molecular formula is C21H26N6O3. The van der Waals surface area contributed by atoms with E-state index in [0.29, 0.717) is 18.2 Å². The number of nitrogens with one attached hydrogen (secondary N) is 1. The van der Waals surface area contributed by atoms with Crippen LogP contribution in [0, 0.1) is 0 Å². The van der Waals surface area contributed by atoms with Gasteiger partial charge in [0.25, 0.3) is 0 Å². The lowest BCUT2D eigenvalue weighted by Gasteiger charge is -2.26. The Labute approximate surface area is 175 Å². The fraction of sp³-hybridized carbons (Fsp3) is 0.381. The zero-order chi connectivity index (χ0) is 20.9. The van der Waals surface area contributed by atoms with Crippen molar-refractivity contribution in [3.8, 4) is 22.9 Å². The Morgan fingerprint density at radius 2 is 1.90 bits per heavy atom. The highest BCUT2D eigenvalue weighted by Gasteiger charge is 2.12. The molecule has 1 saturated heterocycles. The third-order valence-electron chi connectivity index (χ3n) is 4.93. The minimum Gasteiger partial charge on any atom is -0.475 e. The van der Waals surface area contributed by atoms with E-state index in [4.69, 9.17) is 9.47 Å². The van der Waals surface area contributed by atoms with E-state index in [2.05, 4.69) is 20.3 Å². The molecule has 0 unspecified atom stereocenters. The molecule has 9 heteroatoms. The number of carbonyl (C=O) groups is 1. The van der Waals surface area contributed by atoms with Gasteiger partial charge in [-0.05, 0) is 30.3 Å². The van der Waals surface area contributed by atoms with Gasteiger partial charge in [0, 0.05) is 58.4 Å². The van der Waals surface area contributed by atoms with Crippen molar-refractivity contribution in [1.29, 1.82) is 0 Å². The summed E-state index contributed by atoms with van der Waals surface area (Å²) in [6, 6.07) is 11.0. The fourth-order valence-electron chi connectivity index (χ4n) is 3.23. The maximum absolute atomic E-state index is 11.7. The third-order valence-corrected chi connectivity index (χ3v) is 4.93. The predicted molar refractivity (Wildman–Crippen MR) is 113 cm³/mol. The summed E-state index contributed by atoms with van der Waals surface area (Å²) in [6.45, 7) is 5.61.